The molecule has 0 saturated heterocycles. The number of hydrogen-bond donors (Lipinski definition) is 0. The number of benzene rings is 2. The number of para-hydroxylation sites is 2. The number of fused-ring (bicyclic) bond motifs is 1. The number of nitrogens with zero attached hydrogens (tertiary/aromatic N) is 2. The highest BCUT2D eigenvalue weighted by molar-refractivity contribution is 5.93. The van der Waals surface area contributed by atoms with E-state index >= 15 is 0 Å². The van der Waals surface area contributed by atoms with Gasteiger partial charge in [0.1, 0.15) is 12.1 Å². The highest BCUT2D eigenvalue weighted by Gasteiger charge is 2.44. The molecule has 0 N–H and O–H groups in total. The second-order valence-electron chi connectivity index (χ2n) is 5.66. The molecule has 1 fully saturated rings. The number of carbonyl (C=O) groups is 1. The maximum absolute atomic E-state index is 12.7. The van der Waals surface area contributed by atoms with Crippen molar-refractivity contribution in [2.75, 3.05) is 7.11 Å². The van der Waals surface area contributed by atoms with Crippen molar-refractivity contribution in [3.05, 3.63) is 60.4 Å². The molecular weight excluding hydrogens is 276 g/mol. The van der Waals surface area contributed by atoms with E-state index in [-0.39, 0.29) is 11.8 Å². The summed E-state index contributed by atoms with van der Waals surface area (Å²) in [6, 6.07) is 15.7. The highest BCUT2D eigenvalue weighted by Crippen LogP contribution is 2.48. The van der Waals surface area contributed by atoms with Crippen LogP contribution < -0.4 is 4.74 Å². The first-order valence-electron chi connectivity index (χ1n) is 7.38. The van der Waals surface area contributed by atoms with Crippen LogP contribution in [0.3, 0.4) is 0 Å². The lowest BCUT2D eigenvalue weighted by Crippen LogP contribution is -2.12. The van der Waals surface area contributed by atoms with Gasteiger partial charge < -0.3 is 4.74 Å². The van der Waals surface area contributed by atoms with E-state index in [2.05, 4.69) is 4.98 Å². The summed E-state index contributed by atoms with van der Waals surface area (Å²) in [6.07, 6.45) is 2.54. The van der Waals surface area contributed by atoms with E-state index in [1.54, 1.807) is 18.0 Å². The van der Waals surface area contributed by atoms with E-state index in [4.69, 9.17) is 4.74 Å². The molecule has 2 unspecified atom stereocenters. The van der Waals surface area contributed by atoms with Crippen LogP contribution >= 0.6 is 0 Å². The van der Waals surface area contributed by atoms with E-state index in [0.717, 1.165) is 23.2 Å². The van der Waals surface area contributed by atoms with Crippen LogP contribution in [-0.2, 0) is 0 Å². The number of methoxy groups -OCH3 is 1. The Bertz CT molecular complexity index is 836. The smallest absolute Gasteiger partial charge is 0.236 e. The van der Waals surface area contributed by atoms with E-state index in [1.807, 2.05) is 48.5 Å². The molecule has 2 aromatic carbocycles. The zero-order valence-corrected chi connectivity index (χ0v) is 12.3. The number of imidazole rings is 1. The number of ether oxygens (including phenoxy) is 1. The Hall–Kier alpha value is -2.62. The summed E-state index contributed by atoms with van der Waals surface area (Å²) in [4.78, 5) is 17.0. The Kier molecular flexibility index (Phi) is 2.96. The quantitative estimate of drug-likeness (QED) is 0.742. The van der Waals surface area contributed by atoms with Crippen molar-refractivity contribution >= 4 is 16.9 Å². The van der Waals surface area contributed by atoms with Gasteiger partial charge in [0.05, 0.1) is 18.1 Å². The van der Waals surface area contributed by atoms with Crippen molar-refractivity contribution in [3.8, 4) is 5.75 Å². The minimum Gasteiger partial charge on any atom is -0.497 e. The molecule has 0 aliphatic heterocycles. The number of aromatic nitrogens is 2. The van der Waals surface area contributed by atoms with Crippen LogP contribution in [0.5, 0.6) is 5.75 Å². The van der Waals surface area contributed by atoms with Gasteiger partial charge in [0.15, 0.2) is 0 Å². The van der Waals surface area contributed by atoms with Gasteiger partial charge in [0.25, 0.3) is 0 Å². The first-order valence-corrected chi connectivity index (χ1v) is 7.38. The van der Waals surface area contributed by atoms with Gasteiger partial charge in [-0.05, 0) is 42.2 Å². The predicted molar refractivity (Wildman–Crippen MR) is 84.2 cm³/mol. The SMILES string of the molecule is COc1ccc(C2CC2C(=O)n2cnc3ccccc32)cc1. The number of carbonyl (C=O) groups excluding carboxylic acids is 1. The maximum atomic E-state index is 12.7. The van der Waals surface area contributed by atoms with Crippen molar-refractivity contribution in [1.29, 1.82) is 0 Å². The topological polar surface area (TPSA) is 44.1 Å². The molecule has 110 valence electrons. The predicted octanol–water partition coefficient (Wildman–Crippen LogP) is 3.49. The summed E-state index contributed by atoms with van der Waals surface area (Å²) in [5.74, 6) is 1.33. The molecule has 4 rings (SSSR count). The summed E-state index contributed by atoms with van der Waals surface area (Å²) in [5.41, 5.74) is 2.94. The first kappa shape index (κ1) is 13.1. The van der Waals surface area contributed by atoms with Crippen molar-refractivity contribution < 1.29 is 9.53 Å². The summed E-state index contributed by atoms with van der Waals surface area (Å²) in [5, 5.41) is 0. The van der Waals surface area contributed by atoms with Crippen LogP contribution in [0.15, 0.2) is 54.9 Å². The average molecular weight is 292 g/mol. The average Bonchev–Trinajstić information content (AvgIpc) is 3.26. The second kappa shape index (κ2) is 4.98. The molecule has 1 aromatic heterocycles. The molecule has 3 aromatic rings. The molecule has 4 heteroatoms. The summed E-state index contributed by atoms with van der Waals surface area (Å²) < 4.78 is 6.86. The van der Waals surface area contributed by atoms with Crippen molar-refractivity contribution in [2.24, 2.45) is 5.92 Å². The van der Waals surface area contributed by atoms with Crippen molar-refractivity contribution in [1.82, 2.24) is 9.55 Å². The monoisotopic (exact) mass is 292 g/mol. The van der Waals surface area contributed by atoms with Gasteiger partial charge in [0, 0.05) is 5.92 Å². The Morgan fingerprint density at radius 2 is 1.95 bits per heavy atom. The van der Waals surface area contributed by atoms with E-state index in [9.17, 15) is 4.79 Å². The zero-order valence-electron chi connectivity index (χ0n) is 12.3. The van der Waals surface area contributed by atoms with Crippen molar-refractivity contribution in [3.63, 3.8) is 0 Å². The molecular formula is C18H16N2O2. The molecule has 1 aliphatic carbocycles. The first-order chi connectivity index (χ1) is 10.8. The fourth-order valence-corrected chi connectivity index (χ4v) is 3.00. The molecule has 0 radical (unpaired) electrons. The Morgan fingerprint density at radius 3 is 2.73 bits per heavy atom. The molecule has 0 amide bonds. The molecule has 1 saturated carbocycles. The fourth-order valence-electron chi connectivity index (χ4n) is 3.00. The Balaban J connectivity index is 1.57. The Labute approximate surface area is 128 Å². The van der Waals surface area contributed by atoms with Gasteiger partial charge in [-0.2, -0.15) is 0 Å². The third kappa shape index (κ3) is 2.08. The van der Waals surface area contributed by atoms with Crippen LogP contribution in [0.4, 0.5) is 0 Å². The Morgan fingerprint density at radius 1 is 1.18 bits per heavy atom. The van der Waals surface area contributed by atoms with Gasteiger partial charge >= 0.3 is 0 Å². The lowest BCUT2D eigenvalue weighted by atomic mass is 10.1. The van der Waals surface area contributed by atoms with Crippen LogP contribution in [0.1, 0.15) is 22.7 Å². The molecule has 1 aliphatic rings. The van der Waals surface area contributed by atoms with Crippen LogP contribution in [0, 0.1) is 5.92 Å². The van der Waals surface area contributed by atoms with Crippen LogP contribution in [0.2, 0.25) is 0 Å². The van der Waals surface area contributed by atoms with Crippen LogP contribution in [0.25, 0.3) is 11.0 Å². The minimum atomic E-state index is 0.0472. The number of rotatable bonds is 3. The lowest BCUT2D eigenvalue weighted by Gasteiger charge is -2.04. The van der Waals surface area contributed by atoms with Gasteiger partial charge in [0.2, 0.25) is 5.91 Å². The minimum absolute atomic E-state index is 0.0472. The molecule has 0 spiro atoms. The normalized spacial score (nSPS) is 20.0. The van der Waals surface area contributed by atoms with Gasteiger partial charge in [-0.1, -0.05) is 24.3 Å². The second-order valence-corrected chi connectivity index (χ2v) is 5.66. The third-order valence-corrected chi connectivity index (χ3v) is 4.34. The highest BCUT2D eigenvalue weighted by atomic mass is 16.5. The summed E-state index contributed by atoms with van der Waals surface area (Å²) in [7, 11) is 1.66. The molecule has 0 bridgehead atoms. The molecule has 1 heterocycles. The largest absolute Gasteiger partial charge is 0.497 e. The van der Waals surface area contributed by atoms with E-state index in [0.29, 0.717) is 5.92 Å². The van der Waals surface area contributed by atoms with E-state index in [1.165, 1.54) is 5.56 Å². The maximum Gasteiger partial charge on any atom is 0.236 e. The zero-order chi connectivity index (χ0) is 15.1. The van der Waals surface area contributed by atoms with Gasteiger partial charge in [-0.3, -0.25) is 9.36 Å². The third-order valence-electron chi connectivity index (χ3n) is 4.34. The van der Waals surface area contributed by atoms with E-state index < -0.39 is 0 Å². The van der Waals surface area contributed by atoms with Crippen molar-refractivity contribution in [2.45, 2.75) is 12.3 Å². The van der Waals surface area contributed by atoms with Crippen LogP contribution in [-0.4, -0.2) is 22.6 Å². The lowest BCUT2D eigenvalue weighted by molar-refractivity contribution is 0.0888. The fraction of sp³-hybridized carbons (Fsp3) is 0.222. The van der Waals surface area contributed by atoms with Gasteiger partial charge in [-0.15, -0.1) is 0 Å². The molecule has 22 heavy (non-hydrogen) atoms. The summed E-state index contributed by atoms with van der Waals surface area (Å²) in [6.45, 7) is 0. The molecule has 2 atom stereocenters. The number of hydrogen-bond acceptors (Lipinski definition) is 3. The summed E-state index contributed by atoms with van der Waals surface area (Å²) >= 11 is 0. The standard InChI is InChI=1S/C18H16N2O2/c1-22-13-8-6-12(7-9-13)14-10-15(14)18(21)20-11-19-16-4-2-3-5-17(16)20/h2-9,11,14-15H,10H2,1H3. The van der Waals surface area contributed by atoms with Gasteiger partial charge in [-0.25, -0.2) is 4.98 Å². The molecule has 4 nitrogen and oxygen atoms in total.